The minimum atomic E-state index is -1.04. The van der Waals surface area contributed by atoms with E-state index in [-0.39, 0.29) is 11.9 Å². The van der Waals surface area contributed by atoms with Crippen molar-refractivity contribution < 1.29 is 40.0 Å². The molecule has 0 bridgehead atoms. The maximum Gasteiger partial charge on any atom is 0.320 e. The highest BCUT2D eigenvalue weighted by atomic mass is 32.2. The summed E-state index contributed by atoms with van der Waals surface area (Å²) in [5, 5.41) is 28.5. The zero-order chi connectivity index (χ0) is 17.4. The summed E-state index contributed by atoms with van der Waals surface area (Å²) >= 11 is 1.60. The summed E-state index contributed by atoms with van der Waals surface area (Å²) in [6.07, 6.45) is 4.28. The molecule has 0 radical (unpaired) electrons. The average molecular weight is 366 g/mol. The van der Waals surface area contributed by atoms with Crippen LogP contribution in [0.2, 0.25) is 0 Å². The zero-order valence-electron chi connectivity index (χ0n) is 12.5. The Morgan fingerprint density at radius 2 is 1.45 bits per heavy atom. The van der Waals surface area contributed by atoms with Gasteiger partial charge in [0.2, 0.25) is 0 Å². The van der Waals surface area contributed by atoms with Crippen molar-refractivity contribution in [2.75, 3.05) is 24.0 Å². The molecule has 0 aliphatic rings. The van der Waals surface area contributed by atoms with Crippen LogP contribution in [0.3, 0.4) is 0 Å². The summed E-state index contributed by atoms with van der Waals surface area (Å²) in [5.74, 6) is -0.782. The van der Waals surface area contributed by atoms with Crippen LogP contribution in [-0.2, 0) is 20.4 Å². The van der Waals surface area contributed by atoms with Gasteiger partial charge in [-0.25, -0.2) is 0 Å². The SMILES string of the molecule is CS(=O)CCC(N)C(=O)O.CSCCC(N)C(=O)O.O.OO. The van der Waals surface area contributed by atoms with Gasteiger partial charge in [0.15, 0.2) is 0 Å². The lowest BCUT2D eigenvalue weighted by Gasteiger charge is -2.02. The third-order valence-corrected chi connectivity index (χ3v) is 3.44. The monoisotopic (exact) mass is 366 g/mol. The molecule has 12 heteroatoms. The summed E-state index contributed by atoms with van der Waals surface area (Å²) in [4.78, 5) is 20.2. The van der Waals surface area contributed by atoms with Gasteiger partial charge in [0.05, 0.1) is 0 Å². The van der Waals surface area contributed by atoms with Gasteiger partial charge >= 0.3 is 11.9 Å². The lowest BCUT2D eigenvalue weighted by atomic mass is 10.2. The Balaban J connectivity index is -0.000000127. The van der Waals surface area contributed by atoms with E-state index in [0.29, 0.717) is 12.2 Å². The van der Waals surface area contributed by atoms with Gasteiger partial charge in [-0.2, -0.15) is 11.8 Å². The summed E-state index contributed by atoms with van der Waals surface area (Å²) in [6, 6.07) is -1.55. The fourth-order valence-electron chi connectivity index (χ4n) is 0.785. The first-order chi connectivity index (χ1) is 9.72. The predicted molar refractivity (Wildman–Crippen MR) is 86.6 cm³/mol. The van der Waals surface area contributed by atoms with Crippen molar-refractivity contribution in [3.05, 3.63) is 0 Å². The van der Waals surface area contributed by atoms with Crippen molar-refractivity contribution in [1.82, 2.24) is 0 Å². The number of rotatable bonds is 8. The highest BCUT2D eigenvalue weighted by Crippen LogP contribution is 1.97. The van der Waals surface area contributed by atoms with Crippen molar-refractivity contribution in [1.29, 1.82) is 0 Å². The zero-order valence-corrected chi connectivity index (χ0v) is 14.1. The van der Waals surface area contributed by atoms with Crippen LogP contribution in [0.25, 0.3) is 0 Å². The van der Waals surface area contributed by atoms with Gasteiger partial charge < -0.3 is 27.2 Å². The molecule has 0 amide bonds. The van der Waals surface area contributed by atoms with E-state index in [2.05, 4.69) is 0 Å². The number of carboxylic acids is 2. The van der Waals surface area contributed by atoms with Crippen LogP contribution in [0, 0.1) is 0 Å². The molecule has 10 nitrogen and oxygen atoms in total. The highest BCUT2D eigenvalue weighted by molar-refractivity contribution is 7.98. The third kappa shape index (κ3) is 24.3. The summed E-state index contributed by atoms with van der Waals surface area (Å²) in [6.45, 7) is 0. The summed E-state index contributed by atoms with van der Waals surface area (Å²) in [5.41, 5.74) is 10.3. The van der Waals surface area contributed by atoms with Gasteiger partial charge in [-0.15, -0.1) is 0 Å². The van der Waals surface area contributed by atoms with Gasteiger partial charge in [0, 0.05) is 22.8 Å². The van der Waals surface area contributed by atoms with E-state index < -0.39 is 34.8 Å². The lowest BCUT2D eigenvalue weighted by molar-refractivity contribution is -0.176. The van der Waals surface area contributed by atoms with Gasteiger partial charge in [0.1, 0.15) is 12.1 Å². The van der Waals surface area contributed by atoms with Crippen LogP contribution in [0.15, 0.2) is 0 Å². The van der Waals surface area contributed by atoms with Crippen LogP contribution in [-0.4, -0.2) is 78.5 Å². The summed E-state index contributed by atoms with van der Waals surface area (Å²) < 4.78 is 10.4. The molecule has 136 valence electrons. The maximum absolute atomic E-state index is 10.4. The lowest BCUT2D eigenvalue weighted by Crippen LogP contribution is -2.31. The number of aliphatic carboxylic acids is 2. The Morgan fingerprint density at radius 3 is 1.73 bits per heavy atom. The molecule has 0 aliphatic carbocycles. The average Bonchev–Trinajstić information content (AvgIpc) is 2.44. The number of carbonyl (C=O) groups is 2. The quantitative estimate of drug-likeness (QED) is 0.216. The number of hydrogen-bond acceptors (Lipinski definition) is 8. The Morgan fingerprint density at radius 1 is 1.09 bits per heavy atom. The molecule has 0 rings (SSSR count). The Labute approximate surface area is 135 Å². The predicted octanol–water partition coefficient (Wildman–Crippen LogP) is -1.49. The largest absolute Gasteiger partial charge is 0.480 e. The topological polar surface area (TPSA) is 216 Å². The molecule has 3 atom stereocenters. The van der Waals surface area contributed by atoms with E-state index in [9.17, 15) is 13.8 Å². The molecule has 0 saturated heterocycles. The number of hydrogen-bond donors (Lipinski definition) is 6. The van der Waals surface area contributed by atoms with Crippen molar-refractivity contribution in [3.8, 4) is 0 Å². The van der Waals surface area contributed by atoms with Crippen LogP contribution in [0.4, 0.5) is 0 Å². The maximum atomic E-state index is 10.4. The first kappa shape index (κ1) is 29.3. The van der Waals surface area contributed by atoms with Crippen LogP contribution in [0.1, 0.15) is 12.8 Å². The van der Waals surface area contributed by atoms with Crippen LogP contribution < -0.4 is 11.5 Å². The van der Waals surface area contributed by atoms with Gasteiger partial charge in [-0.05, 0) is 24.9 Å². The molecular weight excluding hydrogens is 340 g/mol. The molecule has 0 saturated carbocycles. The number of nitrogens with two attached hydrogens (primary N) is 2. The molecule has 0 aromatic carbocycles. The van der Waals surface area contributed by atoms with Crippen LogP contribution in [0.5, 0.6) is 0 Å². The standard InChI is InChI=1S/C5H11NO3S.C5H11NO2S.H2O2.H2O/c1-10(9)3-2-4(6)5(7)8;1-9-3-2-4(6)5(7)8;1-2;/h4H,2-3,6H2,1H3,(H,7,8);4H,2-3,6H2,1H3,(H,7,8);1-2H;1H2. The molecular formula is C10H26N2O8S2. The van der Waals surface area contributed by atoms with Crippen LogP contribution >= 0.6 is 11.8 Å². The molecule has 0 aromatic rings. The summed E-state index contributed by atoms with van der Waals surface area (Å²) in [7, 11) is -0.946. The minimum absolute atomic E-state index is 0. The van der Waals surface area contributed by atoms with E-state index in [1.54, 1.807) is 11.8 Å². The number of carboxylic acid groups (broad SMARTS) is 2. The van der Waals surface area contributed by atoms with Gasteiger partial charge in [-0.1, -0.05) is 0 Å². The second kappa shape index (κ2) is 20.2. The fraction of sp³-hybridized carbons (Fsp3) is 0.800. The Hall–Kier alpha value is -0.760. The molecule has 0 spiro atoms. The van der Waals surface area contributed by atoms with E-state index in [4.69, 9.17) is 32.2 Å². The van der Waals surface area contributed by atoms with Gasteiger partial charge in [-0.3, -0.25) is 24.3 Å². The molecule has 3 unspecified atom stereocenters. The second-order valence-electron chi connectivity index (χ2n) is 3.74. The molecule has 10 N–H and O–H groups in total. The van der Waals surface area contributed by atoms with E-state index >= 15 is 0 Å². The Bertz CT molecular complexity index is 307. The first-order valence-electron chi connectivity index (χ1n) is 5.68. The van der Waals surface area contributed by atoms with E-state index in [1.807, 2.05) is 6.26 Å². The Kier molecular flexibility index (Phi) is 26.9. The molecule has 0 fully saturated rings. The van der Waals surface area contributed by atoms with E-state index in [0.717, 1.165) is 5.75 Å². The van der Waals surface area contributed by atoms with Gasteiger partial charge in [0.25, 0.3) is 0 Å². The molecule has 0 aromatic heterocycles. The normalized spacial score (nSPS) is 13.0. The first-order valence-corrected chi connectivity index (χ1v) is 8.80. The smallest absolute Gasteiger partial charge is 0.320 e. The van der Waals surface area contributed by atoms with E-state index in [1.165, 1.54) is 6.26 Å². The molecule has 0 aliphatic heterocycles. The number of thioether (sulfide) groups is 1. The van der Waals surface area contributed by atoms with Crippen molar-refractivity contribution in [2.45, 2.75) is 24.9 Å². The minimum Gasteiger partial charge on any atom is -0.480 e. The molecule has 0 heterocycles. The molecule has 22 heavy (non-hydrogen) atoms. The highest BCUT2D eigenvalue weighted by Gasteiger charge is 2.10. The second-order valence-corrected chi connectivity index (χ2v) is 6.28. The third-order valence-electron chi connectivity index (χ3n) is 1.98. The van der Waals surface area contributed by atoms with Crippen molar-refractivity contribution in [2.24, 2.45) is 11.5 Å². The van der Waals surface area contributed by atoms with Crippen molar-refractivity contribution in [3.63, 3.8) is 0 Å². The van der Waals surface area contributed by atoms with Crippen molar-refractivity contribution >= 4 is 34.5 Å². The fourth-order valence-corrected chi connectivity index (χ4v) is 1.86.